The SMILES string of the molecule is CCOC1CCCN(Cc2ccc3c(c2)OCCO3)C1. The first kappa shape index (κ1) is 13.7. The van der Waals surface area contributed by atoms with Gasteiger partial charge in [-0.2, -0.15) is 0 Å². The maximum atomic E-state index is 5.75. The van der Waals surface area contributed by atoms with Crippen molar-refractivity contribution in [2.45, 2.75) is 32.4 Å². The van der Waals surface area contributed by atoms with Crippen molar-refractivity contribution >= 4 is 0 Å². The van der Waals surface area contributed by atoms with Crippen molar-refractivity contribution < 1.29 is 14.2 Å². The highest BCUT2D eigenvalue weighted by Gasteiger charge is 2.20. The molecule has 0 saturated carbocycles. The molecule has 110 valence electrons. The number of rotatable bonds is 4. The molecule has 1 atom stereocenters. The Bertz CT molecular complexity index is 447. The molecule has 1 fully saturated rings. The minimum Gasteiger partial charge on any atom is -0.486 e. The Morgan fingerprint density at radius 1 is 1.25 bits per heavy atom. The van der Waals surface area contributed by atoms with E-state index in [1.165, 1.54) is 18.4 Å². The first-order valence-corrected chi connectivity index (χ1v) is 7.57. The molecule has 2 aliphatic heterocycles. The summed E-state index contributed by atoms with van der Waals surface area (Å²) >= 11 is 0. The van der Waals surface area contributed by atoms with Crippen LogP contribution in [0.5, 0.6) is 11.5 Å². The van der Waals surface area contributed by atoms with E-state index in [1.807, 2.05) is 6.07 Å². The molecule has 0 radical (unpaired) electrons. The molecule has 4 heteroatoms. The topological polar surface area (TPSA) is 30.9 Å². The van der Waals surface area contributed by atoms with Crippen molar-refractivity contribution in [3.8, 4) is 11.5 Å². The second kappa shape index (κ2) is 6.46. The quantitative estimate of drug-likeness (QED) is 0.846. The van der Waals surface area contributed by atoms with Crippen LogP contribution in [0.25, 0.3) is 0 Å². The van der Waals surface area contributed by atoms with Crippen LogP contribution in [0.1, 0.15) is 25.3 Å². The minimum atomic E-state index is 0.394. The number of nitrogens with zero attached hydrogens (tertiary/aromatic N) is 1. The van der Waals surface area contributed by atoms with Crippen molar-refractivity contribution in [3.63, 3.8) is 0 Å². The highest BCUT2D eigenvalue weighted by molar-refractivity contribution is 5.43. The van der Waals surface area contributed by atoms with E-state index in [9.17, 15) is 0 Å². The third-order valence-electron chi connectivity index (χ3n) is 3.88. The molecule has 3 rings (SSSR count). The third kappa shape index (κ3) is 3.25. The van der Waals surface area contributed by atoms with Crippen molar-refractivity contribution in [1.29, 1.82) is 0 Å². The zero-order valence-electron chi connectivity index (χ0n) is 12.1. The Balaban J connectivity index is 1.62. The Labute approximate surface area is 120 Å². The number of hydrogen-bond donors (Lipinski definition) is 0. The zero-order chi connectivity index (χ0) is 13.8. The smallest absolute Gasteiger partial charge is 0.161 e. The number of piperidine rings is 1. The molecule has 1 unspecified atom stereocenters. The van der Waals surface area contributed by atoms with E-state index in [2.05, 4.69) is 24.0 Å². The van der Waals surface area contributed by atoms with Gasteiger partial charge in [0.15, 0.2) is 11.5 Å². The van der Waals surface area contributed by atoms with Gasteiger partial charge in [-0.25, -0.2) is 0 Å². The van der Waals surface area contributed by atoms with E-state index in [0.717, 1.165) is 37.7 Å². The van der Waals surface area contributed by atoms with Crippen LogP contribution in [0, 0.1) is 0 Å². The molecule has 0 amide bonds. The molecule has 2 heterocycles. The zero-order valence-corrected chi connectivity index (χ0v) is 12.1. The van der Waals surface area contributed by atoms with Crippen LogP contribution in [0.4, 0.5) is 0 Å². The van der Waals surface area contributed by atoms with Crippen LogP contribution < -0.4 is 9.47 Å². The fourth-order valence-electron chi connectivity index (χ4n) is 2.97. The number of likely N-dealkylation sites (tertiary alicyclic amines) is 1. The highest BCUT2D eigenvalue weighted by Crippen LogP contribution is 2.31. The normalized spacial score (nSPS) is 22.8. The molecule has 1 aromatic rings. The number of hydrogen-bond acceptors (Lipinski definition) is 4. The standard InChI is InChI=1S/C16H23NO3/c1-2-18-14-4-3-7-17(12-14)11-13-5-6-15-16(10-13)20-9-8-19-15/h5-6,10,14H,2-4,7-9,11-12H2,1H3. The van der Waals surface area contributed by atoms with E-state index in [4.69, 9.17) is 14.2 Å². The summed E-state index contributed by atoms with van der Waals surface area (Å²) in [7, 11) is 0. The molecule has 20 heavy (non-hydrogen) atoms. The molecule has 1 aromatic carbocycles. The lowest BCUT2D eigenvalue weighted by molar-refractivity contribution is 0.00360. The maximum absolute atomic E-state index is 5.75. The van der Waals surface area contributed by atoms with Crippen LogP contribution >= 0.6 is 0 Å². The van der Waals surface area contributed by atoms with Gasteiger partial charge in [0.1, 0.15) is 13.2 Å². The van der Waals surface area contributed by atoms with Gasteiger partial charge in [-0.15, -0.1) is 0 Å². The molecule has 0 spiro atoms. The van der Waals surface area contributed by atoms with E-state index in [-0.39, 0.29) is 0 Å². The van der Waals surface area contributed by atoms with Gasteiger partial charge in [0.2, 0.25) is 0 Å². The molecule has 1 saturated heterocycles. The van der Waals surface area contributed by atoms with Crippen LogP contribution in [0.15, 0.2) is 18.2 Å². The number of ether oxygens (including phenoxy) is 3. The summed E-state index contributed by atoms with van der Waals surface area (Å²) in [6, 6.07) is 6.27. The number of fused-ring (bicyclic) bond motifs is 1. The van der Waals surface area contributed by atoms with Gasteiger partial charge in [-0.1, -0.05) is 6.07 Å². The Kier molecular flexibility index (Phi) is 4.43. The number of benzene rings is 1. The largest absolute Gasteiger partial charge is 0.486 e. The van der Waals surface area contributed by atoms with Gasteiger partial charge in [0.05, 0.1) is 6.10 Å². The van der Waals surface area contributed by atoms with Gasteiger partial charge >= 0.3 is 0 Å². The van der Waals surface area contributed by atoms with Crippen molar-refractivity contribution in [1.82, 2.24) is 4.90 Å². The second-order valence-corrected chi connectivity index (χ2v) is 5.43. The molecule has 0 aromatic heterocycles. The first-order chi connectivity index (χ1) is 9.85. The predicted molar refractivity (Wildman–Crippen MR) is 77.4 cm³/mol. The molecule has 4 nitrogen and oxygen atoms in total. The fourth-order valence-corrected chi connectivity index (χ4v) is 2.97. The van der Waals surface area contributed by atoms with Crippen LogP contribution in [-0.4, -0.2) is 43.9 Å². The molecule has 2 aliphatic rings. The Hall–Kier alpha value is -1.26. The average molecular weight is 277 g/mol. The van der Waals surface area contributed by atoms with Gasteiger partial charge in [0, 0.05) is 19.7 Å². The lowest BCUT2D eigenvalue weighted by atomic mass is 10.1. The van der Waals surface area contributed by atoms with Crippen molar-refractivity contribution in [2.24, 2.45) is 0 Å². The summed E-state index contributed by atoms with van der Waals surface area (Å²) < 4.78 is 17.0. The maximum Gasteiger partial charge on any atom is 0.161 e. The fraction of sp³-hybridized carbons (Fsp3) is 0.625. The van der Waals surface area contributed by atoms with Crippen LogP contribution in [0.3, 0.4) is 0 Å². The van der Waals surface area contributed by atoms with E-state index < -0.39 is 0 Å². The van der Waals surface area contributed by atoms with Gasteiger partial charge < -0.3 is 14.2 Å². The van der Waals surface area contributed by atoms with Crippen LogP contribution in [-0.2, 0) is 11.3 Å². The third-order valence-corrected chi connectivity index (χ3v) is 3.88. The van der Waals surface area contributed by atoms with Crippen molar-refractivity contribution in [3.05, 3.63) is 23.8 Å². The highest BCUT2D eigenvalue weighted by atomic mass is 16.6. The van der Waals surface area contributed by atoms with E-state index >= 15 is 0 Å². The lowest BCUT2D eigenvalue weighted by Crippen LogP contribution is -2.39. The second-order valence-electron chi connectivity index (χ2n) is 5.43. The summed E-state index contributed by atoms with van der Waals surface area (Å²) in [6.07, 6.45) is 2.80. The van der Waals surface area contributed by atoms with Gasteiger partial charge in [-0.3, -0.25) is 4.90 Å². The van der Waals surface area contributed by atoms with E-state index in [1.54, 1.807) is 0 Å². The summed E-state index contributed by atoms with van der Waals surface area (Å²) in [5.41, 5.74) is 1.28. The average Bonchev–Trinajstić information content (AvgIpc) is 2.48. The molecular weight excluding hydrogens is 254 g/mol. The van der Waals surface area contributed by atoms with Crippen molar-refractivity contribution in [2.75, 3.05) is 32.9 Å². The molecular formula is C16H23NO3. The monoisotopic (exact) mass is 277 g/mol. The molecule has 0 aliphatic carbocycles. The predicted octanol–water partition coefficient (Wildman–Crippen LogP) is 2.46. The Morgan fingerprint density at radius 2 is 2.10 bits per heavy atom. The van der Waals surface area contributed by atoms with E-state index in [0.29, 0.717) is 19.3 Å². The first-order valence-electron chi connectivity index (χ1n) is 7.57. The van der Waals surface area contributed by atoms with Crippen LogP contribution in [0.2, 0.25) is 0 Å². The molecule has 0 N–H and O–H groups in total. The summed E-state index contributed by atoms with van der Waals surface area (Å²) in [6.45, 7) is 7.31. The van der Waals surface area contributed by atoms with Gasteiger partial charge in [-0.05, 0) is 44.0 Å². The molecule has 0 bridgehead atoms. The summed E-state index contributed by atoms with van der Waals surface area (Å²) in [5, 5.41) is 0. The van der Waals surface area contributed by atoms with Gasteiger partial charge in [0.25, 0.3) is 0 Å². The minimum absolute atomic E-state index is 0.394. The summed E-state index contributed by atoms with van der Waals surface area (Å²) in [5.74, 6) is 1.75. The Morgan fingerprint density at radius 3 is 2.95 bits per heavy atom. The summed E-state index contributed by atoms with van der Waals surface area (Å²) in [4.78, 5) is 2.47. The lowest BCUT2D eigenvalue weighted by Gasteiger charge is -2.32.